The van der Waals surface area contributed by atoms with Gasteiger partial charge in [-0.2, -0.15) is 5.26 Å². The van der Waals surface area contributed by atoms with E-state index in [1.54, 1.807) is 13.2 Å². The molecule has 1 aromatic carbocycles. The predicted molar refractivity (Wildman–Crippen MR) is 79.7 cm³/mol. The molecule has 1 saturated heterocycles. The van der Waals surface area contributed by atoms with Gasteiger partial charge in [0.2, 0.25) is 0 Å². The van der Waals surface area contributed by atoms with Crippen LogP contribution in [0.1, 0.15) is 24.0 Å². The lowest BCUT2D eigenvalue weighted by Gasteiger charge is -2.36. The molecule has 1 aliphatic heterocycles. The molecular formula is C16H23N3O. The molecule has 0 spiro atoms. The summed E-state index contributed by atoms with van der Waals surface area (Å²) in [5.41, 5.74) is 1.80. The van der Waals surface area contributed by atoms with Gasteiger partial charge in [0.25, 0.3) is 0 Å². The maximum Gasteiger partial charge on any atom is 0.123 e. The second kappa shape index (κ2) is 6.74. The molecule has 4 heteroatoms. The average Bonchev–Trinajstić information content (AvgIpc) is 2.47. The van der Waals surface area contributed by atoms with E-state index in [1.165, 1.54) is 12.8 Å². The Morgan fingerprint density at radius 1 is 1.45 bits per heavy atom. The van der Waals surface area contributed by atoms with E-state index in [4.69, 9.17) is 10.00 Å². The van der Waals surface area contributed by atoms with Gasteiger partial charge in [0, 0.05) is 24.7 Å². The Hall–Kier alpha value is -1.57. The average molecular weight is 273 g/mol. The molecule has 0 saturated carbocycles. The van der Waals surface area contributed by atoms with Gasteiger partial charge in [0.15, 0.2) is 0 Å². The molecule has 1 fully saturated rings. The molecule has 2 rings (SSSR count). The second-order valence-electron chi connectivity index (χ2n) is 5.63. The number of nitrogens with zero attached hydrogens (tertiary/aromatic N) is 3. The van der Waals surface area contributed by atoms with E-state index in [-0.39, 0.29) is 0 Å². The van der Waals surface area contributed by atoms with Crippen molar-refractivity contribution in [1.29, 1.82) is 5.26 Å². The van der Waals surface area contributed by atoms with E-state index in [0.717, 1.165) is 30.9 Å². The molecule has 0 radical (unpaired) electrons. The van der Waals surface area contributed by atoms with Gasteiger partial charge in [-0.1, -0.05) is 0 Å². The van der Waals surface area contributed by atoms with Crippen LogP contribution in [0.15, 0.2) is 18.2 Å². The summed E-state index contributed by atoms with van der Waals surface area (Å²) in [6.07, 6.45) is 2.49. The monoisotopic (exact) mass is 273 g/mol. The summed E-state index contributed by atoms with van der Waals surface area (Å²) in [5, 5.41) is 9.04. The van der Waals surface area contributed by atoms with Crippen LogP contribution in [0, 0.1) is 11.3 Å². The summed E-state index contributed by atoms with van der Waals surface area (Å²) in [4.78, 5) is 4.75. The molecule has 0 N–H and O–H groups in total. The van der Waals surface area contributed by atoms with Crippen LogP contribution in [0.2, 0.25) is 0 Å². The van der Waals surface area contributed by atoms with Crippen LogP contribution in [-0.4, -0.2) is 50.1 Å². The fraction of sp³-hybridized carbons (Fsp3) is 0.562. The largest absolute Gasteiger partial charge is 0.496 e. The zero-order chi connectivity index (χ0) is 14.5. The highest BCUT2D eigenvalue weighted by Crippen LogP contribution is 2.23. The topological polar surface area (TPSA) is 39.5 Å². The fourth-order valence-corrected chi connectivity index (χ4v) is 2.81. The molecule has 0 aliphatic carbocycles. The number of rotatable bonds is 4. The Labute approximate surface area is 121 Å². The smallest absolute Gasteiger partial charge is 0.123 e. The van der Waals surface area contributed by atoms with Crippen LogP contribution in [0.4, 0.5) is 0 Å². The highest BCUT2D eigenvalue weighted by Gasteiger charge is 2.22. The molecule has 0 amide bonds. The lowest BCUT2D eigenvalue weighted by molar-refractivity contribution is 0.127. The zero-order valence-corrected chi connectivity index (χ0v) is 12.6. The predicted octanol–water partition coefficient (Wildman–Crippen LogP) is 2.09. The molecule has 1 unspecified atom stereocenters. The van der Waals surface area contributed by atoms with Gasteiger partial charge in [-0.05, 0) is 51.7 Å². The first kappa shape index (κ1) is 14.8. The molecule has 1 atom stereocenters. The van der Waals surface area contributed by atoms with E-state index in [9.17, 15) is 0 Å². The molecule has 20 heavy (non-hydrogen) atoms. The van der Waals surface area contributed by atoms with Crippen molar-refractivity contribution in [3.05, 3.63) is 29.3 Å². The van der Waals surface area contributed by atoms with Crippen molar-refractivity contribution in [3.8, 4) is 11.8 Å². The Morgan fingerprint density at radius 3 is 2.90 bits per heavy atom. The number of piperidine rings is 1. The van der Waals surface area contributed by atoms with Gasteiger partial charge in [0.05, 0.1) is 18.7 Å². The minimum atomic E-state index is 0.619. The van der Waals surface area contributed by atoms with Crippen molar-refractivity contribution >= 4 is 0 Å². The minimum absolute atomic E-state index is 0.619. The molecule has 0 bridgehead atoms. The number of hydrogen-bond donors (Lipinski definition) is 0. The summed E-state index contributed by atoms with van der Waals surface area (Å²) in [5.74, 6) is 0.871. The van der Waals surface area contributed by atoms with Crippen molar-refractivity contribution < 1.29 is 4.74 Å². The van der Waals surface area contributed by atoms with Crippen LogP contribution >= 0.6 is 0 Å². The van der Waals surface area contributed by atoms with Crippen LogP contribution in [-0.2, 0) is 6.54 Å². The third-order valence-corrected chi connectivity index (χ3v) is 4.01. The van der Waals surface area contributed by atoms with Crippen molar-refractivity contribution in [3.63, 3.8) is 0 Å². The standard InChI is InChI=1S/C16H23N3O/c1-18(2)15-5-4-8-19(12-15)11-14-9-13(10-17)6-7-16(14)20-3/h6-7,9,15H,4-5,8,11-12H2,1-3H3. The van der Waals surface area contributed by atoms with Gasteiger partial charge < -0.3 is 9.64 Å². The Balaban J connectivity index is 2.11. The highest BCUT2D eigenvalue weighted by atomic mass is 16.5. The van der Waals surface area contributed by atoms with Gasteiger partial charge in [-0.3, -0.25) is 4.90 Å². The van der Waals surface area contributed by atoms with Crippen molar-refractivity contribution in [2.75, 3.05) is 34.3 Å². The SMILES string of the molecule is COc1ccc(C#N)cc1CN1CCCC(N(C)C)C1. The van der Waals surface area contributed by atoms with E-state index in [0.29, 0.717) is 11.6 Å². The Bertz CT molecular complexity index is 493. The number of methoxy groups -OCH3 is 1. The number of ether oxygens (including phenoxy) is 1. The van der Waals surface area contributed by atoms with E-state index in [2.05, 4.69) is 30.0 Å². The van der Waals surface area contributed by atoms with E-state index in [1.807, 2.05) is 12.1 Å². The van der Waals surface area contributed by atoms with Gasteiger partial charge in [0.1, 0.15) is 5.75 Å². The normalized spacial score (nSPS) is 19.9. The van der Waals surface area contributed by atoms with Crippen molar-refractivity contribution in [2.45, 2.75) is 25.4 Å². The molecular weight excluding hydrogens is 250 g/mol. The third kappa shape index (κ3) is 3.50. The lowest BCUT2D eigenvalue weighted by Crippen LogP contribution is -2.44. The summed E-state index contributed by atoms with van der Waals surface area (Å²) < 4.78 is 5.41. The molecule has 0 aromatic heterocycles. The number of likely N-dealkylation sites (tertiary alicyclic amines) is 1. The van der Waals surface area contributed by atoms with E-state index < -0.39 is 0 Å². The van der Waals surface area contributed by atoms with Crippen LogP contribution in [0.5, 0.6) is 5.75 Å². The molecule has 1 aliphatic rings. The second-order valence-corrected chi connectivity index (χ2v) is 5.63. The first-order valence-electron chi connectivity index (χ1n) is 7.10. The van der Waals surface area contributed by atoms with Crippen LogP contribution in [0.3, 0.4) is 0 Å². The Morgan fingerprint density at radius 2 is 2.25 bits per heavy atom. The zero-order valence-electron chi connectivity index (χ0n) is 12.6. The van der Waals surface area contributed by atoms with Crippen molar-refractivity contribution in [2.24, 2.45) is 0 Å². The molecule has 108 valence electrons. The molecule has 1 heterocycles. The van der Waals surface area contributed by atoms with E-state index >= 15 is 0 Å². The fourth-order valence-electron chi connectivity index (χ4n) is 2.81. The number of likely N-dealkylation sites (N-methyl/N-ethyl adjacent to an activating group) is 1. The lowest BCUT2D eigenvalue weighted by atomic mass is 10.0. The van der Waals surface area contributed by atoms with Gasteiger partial charge in [-0.25, -0.2) is 0 Å². The molecule has 1 aromatic rings. The highest BCUT2D eigenvalue weighted by molar-refractivity contribution is 5.42. The van der Waals surface area contributed by atoms with Crippen molar-refractivity contribution in [1.82, 2.24) is 9.80 Å². The third-order valence-electron chi connectivity index (χ3n) is 4.01. The van der Waals surface area contributed by atoms with Gasteiger partial charge in [-0.15, -0.1) is 0 Å². The summed E-state index contributed by atoms with van der Waals surface area (Å²) in [6.45, 7) is 3.04. The quantitative estimate of drug-likeness (QED) is 0.842. The molecule has 4 nitrogen and oxygen atoms in total. The maximum atomic E-state index is 9.04. The summed E-state index contributed by atoms with van der Waals surface area (Å²) >= 11 is 0. The first-order valence-corrected chi connectivity index (χ1v) is 7.10. The first-order chi connectivity index (χ1) is 9.63. The maximum absolute atomic E-state index is 9.04. The number of hydrogen-bond acceptors (Lipinski definition) is 4. The minimum Gasteiger partial charge on any atom is -0.496 e. The van der Waals surface area contributed by atoms with Crippen LogP contribution < -0.4 is 4.74 Å². The summed E-state index contributed by atoms with van der Waals surface area (Å²) in [7, 11) is 5.97. The number of benzene rings is 1. The number of nitriles is 1. The van der Waals surface area contributed by atoms with Crippen LogP contribution in [0.25, 0.3) is 0 Å². The summed E-state index contributed by atoms with van der Waals surface area (Å²) in [6, 6.07) is 8.46. The Kier molecular flexibility index (Phi) is 4.99. The van der Waals surface area contributed by atoms with Gasteiger partial charge >= 0.3 is 0 Å².